The SMILES string of the molecule is Cn1ccc(C(=O)N2CC(=O)NC(=O)C2)n1. The number of nitrogens with one attached hydrogen (secondary N) is 1. The summed E-state index contributed by atoms with van der Waals surface area (Å²) in [7, 11) is 1.69. The first kappa shape index (κ1) is 10.3. The standard InChI is InChI=1S/C9H10N4O3/c1-12-3-2-6(11-12)9(16)13-4-7(14)10-8(15)5-13/h2-3H,4-5H2,1H3,(H,10,14,15). The minimum absolute atomic E-state index is 0.110. The van der Waals surface area contributed by atoms with Crippen molar-refractivity contribution < 1.29 is 14.4 Å². The van der Waals surface area contributed by atoms with Gasteiger partial charge in [0.25, 0.3) is 5.91 Å². The maximum atomic E-state index is 11.8. The van der Waals surface area contributed by atoms with Gasteiger partial charge >= 0.3 is 0 Å². The summed E-state index contributed by atoms with van der Waals surface area (Å²) in [6.45, 7) is -0.220. The molecule has 1 aromatic heterocycles. The van der Waals surface area contributed by atoms with E-state index in [1.165, 1.54) is 9.58 Å². The van der Waals surface area contributed by atoms with Crippen LogP contribution in [-0.2, 0) is 16.6 Å². The molecule has 2 rings (SSSR count). The predicted molar refractivity (Wildman–Crippen MR) is 52.3 cm³/mol. The molecule has 2 heterocycles. The first-order valence-corrected chi connectivity index (χ1v) is 4.68. The van der Waals surface area contributed by atoms with Crippen molar-refractivity contribution in [3.63, 3.8) is 0 Å². The van der Waals surface area contributed by atoms with E-state index in [1.807, 2.05) is 0 Å². The second kappa shape index (κ2) is 3.76. The van der Waals surface area contributed by atoms with Crippen molar-refractivity contribution in [2.75, 3.05) is 13.1 Å². The second-order valence-electron chi connectivity index (χ2n) is 3.51. The summed E-state index contributed by atoms with van der Waals surface area (Å²) in [6, 6.07) is 1.54. The quantitative estimate of drug-likeness (QED) is 0.587. The van der Waals surface area contributed by atoms with Crippen LogP contribution >= 0.6 is 0 Å². The number of piperazine rings is 1. The van der Waals surface area contributed by atoms with Gasteiger partial charge in [0.1, 0.15) is 18.8 Å². The lowest BCUT2D eigenvalue weighted by Crippen LogP contribution is -2.53. The van der Waals surface area contributed by atoms with Crippen molar-refractivity contribution in [2.45, 2.75) is 0 Å². The number of carbonyl (C=O) groups excluding carboxylic acids is 3. The molecule has 0 bridgehead atoms. The van der Waals surface area contributed by atoms with Crippen LogP contribution in [0.3, 0.4) is 0 Å². The lowest BCUT2D eigenvalue weighted by Gasteiger charge is -2.24. The van der Waals surface area contributed by atoms with E-state index >= 15 is 0 Å². The van der Waals surface area contributed by atoms with Gasteiger partial charge < -0.3 is 4.90 Å². The lowest BCUT2D eigenvalue weighted by atomic mass is 10.3. The van der Waals surface area contributed by atoms with E-state index < -0.39 is 17.7 Å². The smallest absolute Gasteiger partial charge is 0.275 e. The number of rotatable bonds is 1. The highest BCUT2D eigenvalue weighted by molar-refractivity contribution is 6.05. The zero-order valence-corrected chi connectivity index (χ0v) is 8.64. The average Bonchev–Trinajstić information content (AvgIpc) is 2.62. The number of carbonyl (C=O) groups is 3. The maximum absolute atomic E-state index is 11.8. The summed E-state index contributed by atoms with van der Waals surface area (Å²) in [5.41, 5.74) is 0.227. The Hall–Kier alpha value is -2.18. The van der Waals surface area contributed by atoms with Crippen molar-refractivity contribution in [3.8, 4) is 0 Å². The third-order valence-corrected chi connectivity index (χ3v) is 2.17. The molecule has 0 unspecified atom stereocenters. The van der Waals surface area contributed by atoms with Gasteiger partial charge in [0, 0.05) is 13.2 Å². The Morgan fingerprint density at radius 2 is 2.00 bits per heavy atom. The number of hydrogen-bond donors (Lipinski definition) is 1. The Morgan fingerprint density at radius 1 is 1.38 bits per heavy atom. The third kappa shape index (κ3) is 1.92. The number of aromatic nitrogens is 2. The molecule has 0 spiro atoms. The lowest BCUT2D eigenvalue weighted by molar-refractivity contribution is -0.135. The summed E-state index contributed by atoms with van der Waals surface area (Å²) in [6.07, 6.45) is 1.62. The van der Waals surface area contributed by atoms with Crippen LogP contribution in [0.15, 0.2) is 12.3 Å². The molecule has 0 saturated carbocycles. The topological polar surface area (TPSA) is 84.3 Å². The fraction of sp³-hybridized carbons (Fsp3) is 0.333. The van der Waals surface area contributed by atoms with Gasteiger partial charge in [-0.25, -0.2) is 0 Å². The monoisotopic (exact) mass is 222 g/mol. The fourth-order valence-corrected chi connectivity index (χ4v) is 1.47. The largest absolute Gasteiger partial charge is 0.319 e. The molecule has 0 aromatic carbocycles. The van der Waals surface area contributed by atoms with Crippen LogP contribution in [0.25, 0.3) is 0 Å². The number of aryl methyl sites for hydroxylation is 1. The highest BCUT2D eigenvalue weighted by atomic mass is 16.2. The van der Waals surface area contributed by atoms with Crippen LogP contribution in [0.2, 0.25) is 0 Å². The molecule has 16 heavy (non-hydrogen) atoms. The molecule has 3 amide bonds. The minimum Gasteiger partial charge on any atom is -0.319 e. The summed E-state index contributed by atoms with van der Waals surface area (Å²) < 4.78 is 1.49. The molecule has 1 saturated heterocycles. The van der Waals surface area contributed by atoms with Gasteiger partial charge in [-0.05, 0) is 6.07 Å². The predicted octanol–water partition coefficient (Wildman–Crippen LogP) is -1.48. The first-order chi connectivity index (χ1) is 7.56. The van der Waals surface area contributed by atoms with E-state index in [0.29, 0.717) is 0 Å². The molecule has 7 nitrogen and oxygen atoms in total. The molecular weight excluding hydrogens is 212 g/mol. The van der Waals surface area contributed by atoms with Crippen LogP contribution in [0.4, 0.5) is 0 Å². The summed E-state index contributed by atoms with van der Waals surface area (Å²) in [5, 5.41) is 6.04. The van der Waals surface area contributed by atoms with E-state index in [0.717, 1.165) is 0 Å². The summed E-state index contributed by atoms with van der Waals surface area (Å²) >= 11 is 0. The van der Waals surface area contributed by atoms with Crippen LogP contribution in [0.1, 0.15) is 10.5 Å². The zero-order chi connectivity index (χ0) is 11.7. The van der Waals surface area contributed by atoms with Crippen LogP contribution < -0.4 is 5.32 Å². The third-order valence-electron chi connectivity index (χ3n) is 2.17. The number of imide groups is 1. The van der Waals surface area contributed by atoms with Gasteiger partial charge in [0.2, 0.25) is 11.8 Å². The maximum Gasteiger partial charge on any atom is 0.275 e. The van der Waals surface area contributed by atoms with Crippen molar-refractivity contribution in [1.29, 1.82) is 0 Å². The van der Waals surface area contributed by atoms with Gasteiger partial charge in [-0.2, -0.15) is 5.10 Å². The molecule has 1 aromatic rings. The Bertz CT molecular complexity index is 449. The van der Waals surface area contributed by atoms with Crippen LogP contribution in [-0.4, -0.2) is 45.5 Å². The van der Waals surface area contributed by atoms with Crippen molar-refractivity contribution in [2.24, 2.45) is 7.05 Å². The van der Waals surface area contributed by atoms with Gasteiger partial charge in [-0.3, -0.25) is 24.4 Å². The molecule has 1 aliphatic rings. The van der Waals surface area contributed by atoms with Gasteiger partial charge in [0.15, 0.2) is 0 Å². The van der Waals surface area contributed by atoms with Gasteiger partial charge in [0.05, 0.1) is 0 Å². The fourth-order valence-electron chi connectivity index (χ4n) is 1.47. The van der Waals surface area contributed by atoms with E-state index in [9.17, 15) is 14.4 Å². The number of nitrogens with zero attached hydrogens (tertiary/aromatic N) is 3. The molecule has 1 aliphatic heterocycles. The number of hydrogen-bond acceptors (Lipinski definition) is 4. The van der Waals surface area contributed by atoms with Crippen LogP contribution in [0, 0.1) is 0 Å². The summed E-state index contributed by atoms with van der Waals surface area (Å²) in [4.78, 5) is 35.1. The number of amides is 3. The zero-order valence-electron chi connectivity index (χ0n) is 8.64. The van der Waals surface area contributed by atoms with Crippen molar-refractivity contribution in [3.05, 3.63) is 18.0 Å². The molecule has 0 radical (unpaired) electrons. The highest BCUT2D eigenvalue weighted by Crippen LogP contribution is 2.03. The summed E-state index contributed by atoms with van der Waals surface area (Å²) in [5.74, 6) is -1.36. The molecule has 1 fully saturated rings. The Balaban J connectivity index is 2.15. The molecule has 7 heteroatoms. The second-order valence-corrected chi connectivity index (χ2v) is 3.51. The van der Waals surface area contributed by atoms with E-state index in [2.05, 4.69) is 10.4 Å². The van der Waals surface area contributed by atoms with Crippen molar-refractivity contribution >= 4 is 17.7 Å². The van der Waals surface area contributed by atoms with E-state index in [1.54, 1.807) is 19.3 Å². The Kier molecular flexibility index (Phi) is 2.43. The Labute approximate surface area is 91.0 Å². The van der Waals surface area contributed by atoms with Gasteiger partial charge in [-0.1, -0.05) is 0 Å². The normalized spacial score (nSPS) is 16.2. The molecule has 0 atom stereocenters. The van der Waals surface area contributed by atoms with E-state index in [-0.39, 0.29) is 18.8 Å². The molecule has 1 N–H and O–H groups in total. The molecule has 0 aliphatic carbocycles. The van der Waals surface area contributed by atoms with E-state index in [4.69, 9.17) is 0 Å². The molecular formula is C9H10N4O3. The highest BCUT2D eigenvalue weighted by Gasteiger charge is 2.27. The Morgan fingerprint density at radius 3 is 2.50 bits per heavy atom. The van der Waals surface area contributed by atoms with Crippen LogP contribution in [0.5, 0.6) is 0 Å². The van der Waals surface area contributed by atoms with Gasteiger partial charge in [-0.15, -0.1) is 0 Å². The molecule has 84 valence electrons. The minimum atomic E-state index is -0.472. The van der Waals surface area contributed by atoms with Crippen molar-refractivity contribution in [1.82, 2.24) is 20.0 Å². The first-order valence-electron chi connectivity index (χ1n) is 4.68. The average molecular weight is 222 g/mol.